The van der Waals surface area contributed by atoms with Gasteiger partial charge >= 0.3 is 5.97 Å². The van der Waals surface area contributed by atoms with Gasteiger partial charge in [-0.25, -0.2) is 4.79 Å². The third-order valence-electron chi connectivity index (χ3n) is 3.78. The molecule has 11 nitrogen and oxygen atoms in total. The third kappa shape index (κ3) is 3.26. The van der Waals surface area contributed by atoms with Crippen molar-refractivity contribution in [2.75, 3.05) is 18.6 Å². The number of β-lactam (4-membered cyclic amide) rings is 1. The Morgan fingerprint density at radius 2 is 2.30 bits per heavy atom. The maximum Gasteiger partial charge on any atom is 0.352 e. The zero-order chi connectivity index (χ0) is 19.7. The van der Waals surface area contributed by atoms with Gasteiger partial charge < -0.3 is 21.0 Å². The van der Waals surface area contributed by atoms with Crippen molar-refractivity contribution in [2.24, 2.45) is 5.16 Å². The van der Waals surface area contributed by atoms with Crippen LogP contribution in [0.4, 0.5) is 5.13 Å². The first kappa shape index (κ1) is 18.8. The van der Waals surface area contributed by atoms with Gasteiger partial charge in [0, 0.05) is 17.3 Å². The number of nitrogen functional groups attached to an aromatic ring is 1. The van der Waals surface area contributed by atoms with Crippen LogP contribution in [0.1, 0.15) is 5.82 Å². The number of carbonyl (C=O) groups is 3. The van der Waals surface area contributed by atoms with Gasteiger partial charge in [-0.2, -0.15) is 9.36 Å². The van der Waals surface area contributed by atoms with E-state index in [2.05, 4.69) is 31.2 Å². The first-order valence-corrected chi connectivity index (χ1v) is 9.26. The smallest absolute Gasteiger partial charge is 0.352 e. The van der Waals surface area contributed by atoms with E-state index in [1.54, 1.807) is 0 Å². The topological polar surface area (TPSA) is 160 Å². The predicted octanol–water partition coefficient (Wildman–Crippen LogP) is -0.605. The molecule has 0 aromatic carbocycles. The number of allylic oxidation sites excluding steroid dienone is 1. The number of carboxylic acid groups (broad SMARTS) is 1. The monoisotopic (exact) mass is 410 g/mol. The molecule has 1 aromatic rings. The molecular weight excluding hydrogens is 396 g/mol. The van der Waals surface area contributed by atoms with E-state index in [1.807, 2.05) is 0 Å². The van der Waals surface area contributed by atoms with E-state index >= 15 is 0 Å². The van der Waals surface area contributed by atoms with Gasteiger partial charge in [-0.05, 0) is 5.57 Å². The van der Waals surface area contributed by atoms with Crippen LogP contribution in [-0.4, -0.2) is 67.1 Å². The van der Waals surface area contributed by atoms with Crippen molar-refractivity contribution in [3.63, 3.8) is 0 Å². The lowest BCUT2D eigenvalue weighted by Gasteiger charge is -2.49. The highest BCUT2D eigenvalue weighted by Crippen LogP contribution is 2.40. The molecule has 4 N–H and O–H groups in total. The predicted molar refractivity (Wildman–Crippen MR) is 97.7 cm³/mol. The van der Waals surface area contributed by atoms with E-state index in [9.17, 15) is 19.5 Å². The summed E-state index contributed by atoms with van der Waals surface area (Å²) >= 11 is 2.20. The molecule has 0 aliphatic carbocycles. The fraction of sp³-hybridized carbons (Fsp3) is 0.286. The molecule has 1 unspecified atom stereocenters. The fourth-order valence-corrected chi connectivity index (χ4v) is 4.39. The summed E-state index contributed by atoms with van der Waals surface area (Å²) < 4.78 is 3.90. The molecule has 1 fully saturated rings. The number of fused-ring (bicyclic) bond motifs is 1. The first-order valence-electron chi connectivity index (χ1n) is 7.44. The van der Waals surface area contributed by atoms with Gasteiger partial charge in [-0.1, -0.05) is 17.8 Å². The third-order valence-corrected chi connectivity index (χ3v) is 5.63. The standard InChI is InChI=1S/C14H14N6O5S2/c1-3-5-4-26-12-7(11(22)20(12)8(5)13(23)24)16-10(21)6(18-25-2)9-17-14(15)27-19-9/h3,7,12H,1,4H2,2H3,(H,16,21)(H,23,24)(H2,15,17,19)/b18-6-/t7?,12-/m1/s1. The minimum atomic E-state index is -1.22. The lowest BCUT2D eigenvalue weighted by molar-refractivity contribution is -0.150. The molecule has 2 amide bonds. The second-order valence-corrected chi connectivity index (χ2v) is 7.21. The van der Waals surface area contributed by atoms with Gasteiger partial charge in [-0.15, -0.1) is 11.8 Å². The molecule has 0 spiro atoms. The highest BCUT2D eigenvalue weighted by Gasteiger charge is 2.54. The van der Waals surface area contributed by atoms with E-state index in [-0.39, 0.29) is 22.4 Å². The number of hydrogen-bond donors (Lipinski definition) is 3. The van der Waals surface area contributed by atoms with Crippen LogP contribution in [0.5, 0.6) is 0 Å². The number of carbonyl (C=O) groups excluding carboxylic acids is 2. The zero-order valence-electron chi connectivity index (χ0n) is 13.9. The fourth-order valence-electron chi connectivity index (χ4n) is 2.62. The Balaban J connectivity index is 1.80. The normalized spacial score (nSPS) is 22.0. The van der Waals surface area contributed by atoms with Crippen LogP contribution in [0.2, 0.25) is 0 Å². The summed E-state index contributed by atoms with van der Waals surface area (Å²) in [5, 5.41) is 15.1. The summed E-state index contributed by atoms with van der Waals surface area (Å²) in [7, 11) is 1.25. The average molecular weight is 410 g/mol. The molecule has 2 atom stereocenters. The minimum absolute atomic E-state index is 0.0307. The number of oxime groups is 1. The SMILES string of the molecule is C=CC1=C(C(=O)O)N2C(=O)C(NC(=O)/C(=N\OC)c3nsc(N)n3)[C@H]2SC1. The van der Waals surface area contributed by atoms with Crippen LogP contribution < -0.4 is 11.1 Å². The second-order valence-electron chi connectivity index (χ2n) is 5.32. The molecule has 2 aliphatic heterocycles. The number of thioether (sulfide) groups is 1. The van der Waals surface area contributed by atoms with Crippen LogP contribution >= 0.6 is 23.3 Å². The maximum absolute atomic E-state index is 12.5. The van der Waals surface area contributed by atoms with Crippen LogP contribution in [0.3, 0.4) is 0 Å². The Bertz CT molecular complexity index is 894. The molecule has 13 heteroatoms. The van der Waals surface area contributed by atoms with Crippen molar-refractivity contribution < 1.29 is 24.3 Å². The average Bonchev–Trinajstić information content (AvgIpc) is 3.08. The lowest BCUT2D eigenvalue weighted by atomic mass is 10.0. The van der Waals surface area contributed by atoms with Crippen molar-refractivity contribution in [1.82, 2.24) is 19.6 Å². The molecule has 2 aliphatic rings. The highest BCUT2D eigenvalue weighted by molar-refractivity contribution is 8.00. The van der Waals surface area contributed by atoms with E-state index in [0.717, 1.165) is 16.4 Å². The van der Waals surface area contributed by atoms with Crippen LogP contribution in [-0.2, 0) is 19.2 Å². The van der Waals surface area contributed by atoms with Gasteiger partial charge in [0.15, 0.2) is 5.13 Å². The van der Waals surface area contributed by atoms with Crippen molar-refractivity contribution in [2.45, 2.75) is 11.4 Å². The lowest BCUT2D eigenvalue weighted by Crippen LogP contribution is -2.71. The van der Waals surface area contributed by atoms with Crippen LogP contribution in [0, 0.1) is 0 Å². The molecule has 27 heavy (non-hydrogen) atoms. The van der Waals surface area contributed by atoms with E-state index in [0.29, 0.717) is 11.3 Å². The number of aromatic nitrogens is 2. The Morgan fingerprint density at radius 1 is 1.56 bits per heavy atom. The first-order chi connectivity index (χ1) is 12.9. The molecule has 142 valence electrons. The molecule has 1 saturated heterocycles. The number of nitrogens with one attached hydrogen (secondary N) is 1. The number of anilines is 1. The quantitative estimate of drug-likeness (QED) is 0.316. The summed E-state index contributed by atoms with van der Waals surface area (Å²) in [4.78, 5) is 46.2. The molecule has 1 aromatic heterocycles. The summed E-state index contributed by atoms with van der Waals surface area (Å²) in [6.07, 6.45) is 1.41. The van der Waals surface area contributed by atoms with Gasteiger partial charge in [-0.3, -0.25) is 14.5 Å². The molecule has 3 rings (SSSR count). The Labute approximate surface area is 161 Å². The highest BCUT2D eigenvalue weighted by atomic mass is 32.2. The Hall–Kier alpha value is -2.93. The van der Waals surface area contributed by atoms with Crippen LogP contribution in [0.25, 0.3) is 0 Å². The zero-order valence-corrected chi connectivity index (χ0v) is 15.5. The molecule has 0 bridgehead atoms. The Kier molecular flexibility index (Phi) is 5.14. The number of rotatable bonds is 6. The van der Waals surface area contributed by atoms with Crippen molar-refractivity contribution in [3.8, 4) is 0 Å². The number of aliphatic carboxylic acids is 1. The second kappa shape index (κ2) is 7.36. The molecule has 3 heterocycles. The molecule has 0 saturated carbocycles. The van der Waals surface area contributed by atoms with Gasteiger partial charge in [0.2, 0.25) is 11.5 Å². The molecular formula is C14H14N6O5S2. The summed E-state index contributed by atoms with van der Waals surface area (Å²) in [5.74, 6) is -2.17. The van der Waals surface area contributed by atoms with Crippen molar-refractivity contribution in [3.05, 3.63) is 29.7 Å². The van der Waals surface area contributed by atoms with Gasteiger partial charge in [0.1, 0.15) is 24.2 Å². The minimum Gasteiger partial charge on any atom is -0.477 e. The van der Waals surface area contributed by atoms with E-state index in [4.69, 9.17) is 5.73 Å². The van der Waals surface area contributed by atoms with Gasteiger partial charge in [0.25, 0.3) is 11.8 Å². The number of nitrogens with two attached hydrogens (primary N) is 1. The largest absolute Gasteiger partial charge is 0.477 e. The summed E-state index contributed by atoms with van der Waals surface area (Å²) in [6.45, 7) is 3.58. The van der Waals surface area contributed by atoms with E-state index < -0.39 is 29.2 Å². The summed E-state index contributed by atoms with van der Waals surface area (Å²) in [5.41, 5.74) is 5.61. The number of amides is 2. The Morgan fingerprint density at radius 3 is 2.85 bits per heavy atom. The number of hydrogen-bond acceptors (Lipinski definition) is 10. The number of carboxylic acids is 1. The maximum atomic E-state index is 12.5. The number of nitrogens with zero attached hydrogens (tertiary/aromatic N) is 4. The van der Waals surface area contributed by atoms with Gasteiger partial charge in [0.05, 0.1) is 0 Å². The van der Waals surface area contributed by atoms with E-state index in [1.165, 1.54) is 24.9 Å². The van der Waals surface area contributed by atoms with Crippen molar-refractivity contribution >= 4 is 51.9 Å². The van der Waals surface area contributed by atoms with Crippen molar-refractivity contribution in [1.29, 1.82) is 0 Å². The van der Waals surface area contributed by atoms with Crippen LogP contribution in [0.15, 0.2) is 29.1 Å². The summed E-state index contributed by atoms with van der Waals surface area (Å²) in [6, 6.07) is -0.916. The molecule has 0 radical (unpaired) electrons.